The Labute approximate surface area is 663 Å². The van der Waals surface area contributed by atoms with E-state index in [-0.39, 0.29) is 127 Å². The third-order valence-corrected chi connectivity index (χ3v) is 19.1. The average Bonchev–Trinajstić information content (AvgIpc) is 0.777. The highest BCUT2D eigenvalue weighted by Crippen LogP contribution is 2.51. The molecule has 0 bridgehead atoms. The number of halogens is 14. The normalized spacial score (nSPS) is 13.4. The fourth-order valence-electron chi connectivity index (χ4n) is 11.9. The van der Waals surface area contributed by atoms with Crippen molar-refractivity contribution in [2.75, 3.05) is 53.9 Å². The Morgan fingerprint density at radius 3 is 1.07 bits per heavy atom. The molecule has 19 nitrogen and oxygen atoms in total. The molecule has 0 fully saturated rings. The smallest absolute Gasteiger partial charge is 0.328 e. The summed E-state index contributed by atoms with van der Waals surface area (Å²) >= 11 is 49.9. The SMILES string of the molecule is CC(F)Oc1cccc(F)c1C(=O)N[C@@H](Cc1ccc(-c2c(Cl)cc(F)cc2Cl)c2c1OCCO2)C(=O)O.COC(=O)[C@H](Cc1ccc(-c2c(Cl)cc(F)cc2Cl)c2c1OCCO2)NC(=O)c1c(C)cccc1F.COC(=O)[C@H](Cc1ccc(-c2c(Cl)cc(F)cc2Cl)c2c1OCCO2)NC(=O)c1c(Cl)cccc1Cl. The minimum absolute atomic E-state index is 0.00264. The van der Waals surface area contributed by atoms with Crippen molar-refractivity contribution < 1.29 is 103 Å². The van der Waals surface area contributed by atoms with Crippen LogP contribution in [0.4, 0.5) is 26.3 Å². The van der Waals surface area contributed by atoms with E-state index >= 15 is 0 Å². The zero-order valence-electron chi connectivity index (χ0n) is 57.7. The van der Waals surface area contributed by atoms with Gasteiger partial charge < -0.3 is 63.7 Å². The number of amides is 3. The molecule has 0 aromatic heterocycles. The number of hydrogen-bond acceptors (Lipinski definition) is 15. The van der Waals surface area contributed by atoms with E-state index in [2.05, 4.69) is 16.0 Å². The first kappa shape index (κ1) is 82.8. The zero-order chi connectivity index (χ0) is 79.5. The lowest BCUT2D eigenvalue weighted by Crippen LogP contribution is -2.43. The number of carboxylic acids is 1. The highest BCUT2D eigenvalue weighted by Gasteiger charge is 2.35. The van der Waals surface area contributed by atoms with E-state index < -0.39 is 94.8 Å². The summed E-state index contributed by atoms with van der Waals surface area (Å²) < 4.78 is 133. The summed E-state index contributed by atoms with van der Waals surface area (Å²) in [6, 6.07) is 25.0. The molecule has 110 heavy (non-hydrogen) atoms. The van der Waals surface area contributed by atoms with Crippen molar-refractivity contribution in [1.29, 1.82) is 0 Å². The van der Waals surface area contributed by atoms with Gasteiger partial charge in [-0.1, -0.05) is 135 Å². The highest BCUT2D eigenvalue weighted by molar-refractivity contribution is 6.41. The quantitative estimate of drug-likeness (QED) is 0.0409. The molecular weight excluding hydrogens is 1620 g/mol. The lowest BCUT2D eigenvalue weighted by Gasteiger charge is -2.26. The lowest BCUT2D eigenvalue weighted by atomic mass is 9.97. The van der Waals surface area contributed by atoms with E-state index in [1.54, 1.807) is 49.4 Å². The number of benzene rings is 9. The van der Waals surface area contributed by atoms with Gasteiger partial charge in [-0.15, -0.1) is 0 Å². The van der Waals surface area contributed by atoms with Crippen molar-refractivity contribution in [1.82, 2.24) is 16.0 Å². The van der Waals surface area contributed by atoms with Crippen LogP contribution < -0.4 is 49.1 Å². The van der Waals surface area contributed by atoms with Crippen LogP contribution in [-0.2, 0) is 43.1 Å². The van der Waals surface area contributed by atoms with Crippen molar-refractivity contribution >= 4 is 128 Å². The van der Waals surface area contributed by atoms with Crippen molar-refractivity contribution in [2.45, 2.75) is 57.6 Å². The molecule has 0 saturated carbocycles. The first-order valence-electron chi connectivity index (χ1n) is 32.8. The molecule has 4 N–H and O–H groups in total. The second kappa shape index (κ2) is 36.9. The van der Waals surface area contributed by atoms with E-state index in [9.17, 15) is 60.2 Å². The van der Waals surface area contributed by atoms with Gasteiger partial charge in [-0.25, -0.2) is 40.7 Å². The van der Waals surface area contributed by atoms with Crippen molar-refractivity contribution in [3.05, 3.63) is 236 Å². The second-order valence-electron chi connectivity index (χ2n) is 24.0. The number of aliphatic carboxylic acids is 1. The van der Waals surface area contributed by atoms with Crippen molar-refractivity contribution in [2.24, 2.45) is 0 Å². The van der Waals surface area contributed by atoms with Gasteiger partial charge >= 0.3 is 17.9 Å². The number of fused-ring (bicyclic) bond motifs is 3. The van der Waals surface area contributed by atoms with Crippen LogP contribution in [0.5, 0.6) is 40.2 Å². The predicted molar refractivity (Wildman–Crippen MR) is 400 cm³/mol. The molecule has 0 saturated heterocycles. The molecule has 3 aliphatic rings. The van der Waals surface area contributed by atoms with Crippen LogP contribution in [0.2, 0.25) is 40.2 Å². The Morgan fingerprint density at radius 2 is 0.727 bits per heavy atom. The topological polar surface area (TPSA) is 242 Å². The standard InChI is InChI=1S/C26H20Cl2F3NO6.C26H21Cl2F2NO5.C25H18Cl4FNO5/c1-12(29)38-20-4-2-3-18(31)22(20)25(33)32-19(26(34)35)9-13-5-6-15(24-23(13)36-7-8-37-24)21-16(27)10-14(30)11-17(21)28;1-13-4-3-5-19(30)21(13)25(32)31-20(26(33)34-2)10-14-6-7-16(24-23(14)35-8-9-36-24)22-17(27)11-15(29)12-18(22)28;1-34-25(33)19(31-24(32)21-15(26)3-2-4-16(21)27)9-12-5-6-14(23-22(12)35-7-8-36-23)20-17(28)10-13(30)11-18(20)29/h2-6,10-12,19H,7-9H2,1H3,(H,32,33)(H,34,35);3-7,11-12,20H,8-10H2,1-2H3,(H,31,32);2-6,10-11,19H,7-9H2,1H3,(H,31,32)/t12?,19-;20-;19-/m000/s1. The lowest BCUT2D eigenvalue weighted by molar-refractivity contribution is -0.143. The summed E-state index contributed by atoms with van der Waals surface area (Å²) in [6.45, 7) is 3.94. The molecule has 576 valence electrons. The van der Waals surface area contributed by atoms with Gasteiger partial charge in [-0.3, -0.25) is 14.4 Å². The number of methoxy groups -OCH3 is 2. The van der Waals surface area contributed by atoms with Gasteiger partial charge in [0.15, 0.2) is 34.5 Å². The Morgan fingerprint density at radius 1 is 0.418 bits per heavy atom. The third kappa shape index (κ3) is 19.2. The van der Waals surface area contributed by atoms with Crippen LogP contribution in [0.15, 0.2) is 127 Å². The summed E-state index contributed by atoms with van der Waals surface area (Å²) in [7, 11) is 2.40. The number of ether oxygens (including phenoxy) is 9. The molecule has 0 aliphatic carbocycles. The Balaban J connectivity index is 0.000000176. The van der Waals surface area contributed by atoms with Crippen molar-refractivity contribution in [3.8, 4) is 73.6 Å². The minimum atomic E-state index is -1.84. The molecule has 3 amide bonds. The van der Waals surface area contributed by atoms with E-state index in [0.29, 0.717) is 78.6 Å². The van der Waals surface area contributed by atoms with Gasteiger partial charge in [-0.05, 0) is 97.4 Å². The van der Waals surface area contributed by atoms with E-state index in [1.165, 1.54) is 56.7 Å². The molecule has 0 spiro atoms. The number of hydrogen-bond donors (Lipinski definition) is 4. The number of carboxylic acid groups (broad SMARTS) is 1. The summed E-state index contributed by atoms with van der Waals surface area (Å²) in [4.78, 5) is 75.9. The second-order valence-corrected chi connectivity index (χ2v) is 27.3. The maximum Gasteiger partial charge on any atom is 0.328 e. The fourth-order valence-corrected chi connectivity index (χ4v) is 14.5. The molecule has 0 radical (unpaired) electrons. The molecule has 9 aromatic carbocycles. The van der Waals surface area contributed by atoms with Crippen LogP contribution in [0, 0.1) is 36.0 Å². The number of carbonyl (C=O) groups excluding carboxylic acids is 5. The van der Waals surface area contributed by atoms with Crippen LogP contribution in [0.1, 0.15) is 60.3 Å². The van der Waals surface area contributed by atoms with Crippen LogP contribution in [0.3, 0.4) is 0 Å². The summed E-state index contributed by atoms with van der Waals surface area (Å²) in [5.41, 5.74) is 3.44. The molecule has 33 heteroatoms. The molecule has 1 unspecified atom stereocenters. The molecule has 9 aromatic rings. The fraction of sp³-hybridized carbons (Fsp3) is 0.221. The monoisotopic (exact) mass is 1680 g/mol. The first-order chi connectivity index (χ1) is 52.5. The predicted octanol–water partition coefficient (Wildman–Crippen LogP) is 17.8. The maximum absolute atomic E-state index is 14.5. The van der Waals surface area contributed by atoms with Gasteiger partial charge in [0.1, 0.15) is 98.2 Å². The van der Waals surface area contributed by atoms with Gasteiger partial charge in [0.25, 0.3) is 17.7 Å². The van der Waals surface area contributed by atoms with Gasteiger partial charge in [0.2, 0.25) is 6.36 Å². The molecule has 3 heterocycles. The Bertz CT molecular complexity index is 4770. The molecule has 12 rings (SSSR count). The molecule has 4 atom stereocenters. The van der Waals surface area contributed by atoms with Crippen LogP contribution in [0.25, 0.3) is 33.4 Å². The summed E-state index contributed by atoms with van der Waals surface area (Å²) in [5, 5.41) is 17.9. The summed E-state index contributed by atoms with van der Waals surface area (Å²) in [5.74, 6) is -7.54. The van der Waals surface area contributed by atoms with E-state index in [4.69, 9.17) is 135 Å². The van der Waals surface area contributed by atoms with Gasteiger partial charge in [0.05, 0.1) is 65.5 Å². The minimum Gasteiger partial charge on any atom is -0.486 e. The largest absolute Gasteiger partial charge is 0.486 e. The number of alkyl halides is 1. The van der Waals surface area contributed by atoms with E-state index in [0.717, 1.165) is 49.4 Å². The van der Waals surface area contributed by atoms with E-state index in [1.807, 2.05) is 0 Å². The van der Waals surface area contributed by atoms with Crippen LogP contribution >= 0.6 is 92.8 Å². The summed E-state index contributed by atoms with van der Waals surface area (Å²) in [6.07, 6.45) is -2.17. The number of nitrogens with one attached hydrogen (secondary N) is 3. The van der Waals surface area contributed by atoms with Crippen molar-refractivity contribution in [3.63, 3.8) is 0 Å². The third-order valence-electron chi connectivity index (χ3n) is 16.7. The molecular formula is C77H59Cl8F6N3O16. The Hall–Kier alpha value is -9.70. The number of aryl methyl sites for hydroxylation is 1. The average molecular weight is 1680 g/mol. The zero-order valence-corrected chi connectivity index (χ0v) is 63.7. The van der Waals surface area contributed by atoms with Crippen LogP contribution in [-0.4, -0.2) is 119 Å². The maximum atomic E-state index is 14.5. The van der Waals surface area contributed by atoms with Gasteiger partial charge in [0, 0.05) is 76.3 Å². The number of rotatable bonds is 20. The Kier molecular flexibility index (Phi) is 27.8. The number of carbonyl (C=O) groups is 6. The number of esters is 2. The van der Waals surface area contributed by atoms with Gasteiger partial charge in [-0.2, -0.15) is 0 Å². The first-order valence-corrected chi connectivity index (χ1v) is 35.8. The molecule has 3 aliphatic heterocycles. The highest BCUT2D eigenvalue weighted by atomic mass is 35.5.